The van der Waals surface area contributed by atoms with Gasteiger partial charge < -0.3 is 5.32 Å². The third kappa shape index (κ3) is 4.26. The summed E-state index contributed by atoms with van der Waals surface area (Å²) in [5.74, 6) is -0.336. The summed E-state index contributed by atoms with van der Waals surface area (Å²) in [6.45, 7) is 1.11. The third-order valence-corrected chi connectivity index (χ3v) is 6.68. The van der Waals surface area contributed by atoms with Gasteiger partial charge in [0.05, 0.1) is 15.6 Å². The van der Waals surface area contributed by atoms with E-state index in [4.69, 9.17) is 11.6 Å². The Balaban J connectivity index is 1.75. The van der Waals surface area contributed by atoms with Gasteiger partial charge in [0.25, 0.3) is 5.91 Å². The summed E-state index contributed by atoms with van der Waals surface area (Å²) in [5.41, 5.74) is 0.889. The minimum atomic E-state index is -3.51. The van der Waals surface area contributed by atoms with Crippen molar-refractivity contribution in [2.24, 2.45) is 0 Å². The van der Waals surface area contributed by atoms with Crippen LogP contribution < -0.4 is 5.32 Å². The lowest BCUT2D eigenvalue weighted by Gasteiger charge is -2.20. The molecule has 7 heteroatoms. The van der Waals surface area contributed by atoms with Crippen molar-refractivity contribution < 1.29 is 13.2 Å². The Labute approximate surface area is 159 Å². The van der Waals surface area contributed by atoms with Crippen molar-refractivity contribution in [2.75, 3.05) is 18.4 Å². The van der Waals surface area contributed by atoms with Gasteiger partial charge in [-0.1, -0.05) is 36.6 Å². The number of amides is 1. The molecule has 1 amide bonds. The van der Waals surface area contributed by atoms with Crippen molar-refractivity contribution in [3.8, 4) is 0 Å². The standard InChI is InChI=1S/C19H21ClN2O3S/c20-17-7-3-4-8-18(17)21-19(23)15-9-11-16(12-10-15)26(24,25)22-13-5-1-2-6-14-22/h3-4,7-12H,1-2,5-6,13-14H2,(H,21,23). The number of sulfonamides is 1. The molecular formula is C19H21ClN2O3S. The van der Waals surface area contributed by atoms with Crippen molar-refractivity contribution in [1.29, 1.82) is 0 Å². The molecule has 0 unspecified atom stereocenters. The number of hydrogen-bond donors (Lipinski definition) is 1. The molecule has 1 N–H and O–H groups in total. The van der Waals surface area contributed by atoms with Gasteiger partial charge in [0.2, 0.25) is 10.0 Å². The number of nitrogens with one attached hydrogen (secondary N) is 1. The SMILES string of the molecule is O=C(Nc1ccccc1Cl)c1ccc(S(=O)(=O)N2CCCCCC2)cc1. The first kappa shape index (κ1) is 18.9. The van der Waals surface area contributed by atoms with E-state index in [9.17, 15) is 13.2 Å². The monoisotopic (exact) mass is 392 g/mol. The Morgan fingerprint density at radius 2 is 1.54 bits per heavy atom. The molecule has 0 aromatic heterocycles. The molecule has 138 valence electrons. The summed E-state index contributed by atoms with van der Waals surface area (Å²) in [5, 5.41) is 3.17. The highest BCUT2D eigenvalue weighted by molar-refractivity contribution is 7.89. The predicted molar refractivity (Wildman–Crippen MR) is 103 cm³/mol. The van der Waals surface area contributed by atoms with Gasteiger partial charge in [0.15, 0.2) is 0 Å². The average Bonchev–Trinajstić information content (AvgIpc) is 2.94. The highest BCUT2D eigenvalue weighted by Gasteiger charge is 2.25. The molecule has 1 heterocycles. The van der Waals surface area contributed by atoms with Gasteiger partial charge in [-0.3, -0.25) is 4.79 Å². The molecule has 1 aliphatic heterocycles. The third-order valence-electron chi connectivity index (χ3n) is 4.44. The molecule has 2 aromatic rings. The van der Waals surface area contributed by atoms with E-state index in [1.165, 1.54) is 24.3 Å². The van der Waals surface area contributed by atoms with Gasteiger partial charge in [0, 0.05) is 18.7 Å². The lowest BCUT2D eigenvalue weighted by Crippen LogP contribution is -2.31. The van der Waals surface area contributed by atoms with E-state index < -0.39 is 10.0 Å². The Morgan fingerprint density at radius 1 is 0.923 bits per heavy atom. The van der Waals surface area contributed by atoms with Gasteiger partial charge in [-0.05, 0) is 49.2 Å². The van der Waals surface area contributed by atoms with Crippen LogP contribution in [-0.4, -0.2) is 31.7 Å². The second-order valence-corrected chi connectivity index (χ2v) is 8.62. The molecule has 0 saturated carbocycles. The lowest BCUT2D eigenvalue weighted by molar-refractivity contribution is 0.102. The van der Waals surface area contributed by atoms with Crippen LogP contribution in [0.1, 0.15) is 36.0 Å². The van der Waals surface area contributed by atoms with Gasteiger partial charge in [0.1, 0.15) is 0 Å². The van der Waals surface area contributed by atoms with Crippen LogP contribution in [0.5, 0.6) is 0 Å². The summed E-state index contributed by atoms with van der Waals surface area (Å²) in [6, 6.07) is 13.0. The van der Waals surface area contributed by atoms with E-state index in [2.05, 4.69) is 5.32 Å². The summed E-state index contributed by atoms with van der Waals surface area (Å²) >= 11 is 6.04. The number of nitrogens with zero attached hydrogens (tertiary/aromatic N) is 1. The van der Waals surface area contributed by atoms with E-state index in [1.807, 2.05) is 0 Å². The molecule has 0 bridgehead atoms. The fourth-order valence-electron chi connectivity index (χ4n) is 2.97. The zero-order valence-electron chi connectivity index (χ0n) is 14.3. The molecule has 0 spiro atoms. The second kappa shape index (κ2) is 8.20. The van der Waals surface area contributed by atoms with E-state index >= 15 is 0 Å². The zero-order valence-corrected chi connectivity index (χ0v) is 15.9. The average molecular weight is 393 g/mol. The van der Waals surface area contributed by atoms with Gasteiger partial charge >= 0.3 is 0 Å². The Morgan fingerprint density at radius 3 is 2.15 bits per heavy atom. The Kier molecular flexibility index (Phi) is 5.96. The van der Waals surface area contributed by atoms with E-state index in [0.717, 1.165) is 25.7 Å². The number of halogens is 1. The molecule has 26 heavy (non-hydrogen) atoms. The van der Waals surface area contributed by atoms with E-state index in [-0.39, 0.29) is 10.8 Å². The maximum atomic E-state index is 12.8. The summed E-state index contributed by atoms with van der Waals surface area (Å²) < 4.78 is 27.1. The maximum absolute atomic E-state index is 12.8. The molecule has 5 nitrogen and oxygen atoms in total. The fourth-order valence-corrected chi connectivity index (χ4v) is 4.67. The fraction of sp³-hybridized carbons (Fsp3) is 0.316. The van der Waals surface area contributed by atoms with Crippen molar-refractivity contribution in [2.45, 2.75) is 30.6 Å². The topological polar surface area (TPSA) is 66.5 Å². The molecule has 1 saturated heterocycles. The van der Waals surface area contributed by atoms with Crippen molar-refractivity contribution in [1.82, 2.24) is 4.31 Å². The lowest BCUT2D eigenvalue weighted by atomic mass is 10.2. The number of carbonyl (C=O) groups is 1. The Hall–Kier alpha value is -1.89. The second-order valence-electron chi connectivity index (χ2n) is 6.28. The van der Waals surface area contributed by atoms with Crippen molar-refractivity contribution >= 4 is 33.2 Å². The van der Waals surface area contributed by atoms with Crippen LogP contribution in [-0.2, 0) is 10.0 Å². The quantitative estimate of drug-likeness (QED) is 0.849. The minimum absolute atomic E-state index is 0.216. The summed E-state index contributed by atoms with van der Waals surface area (Å²) in [6.07, 6.45) is 3.90. The predicted octanol–water partition coefficient (Wildman–Crippen LogP) is 4.16. The molecule has 1 fully saturated rings. The number of carbonyl (C=O) groups excluding carboxylic acids is 1. The zero-order chi connectivity index (χ0) is 18.6. The summed E-state index contributed by atoms with van der Waals surface area (Å²) in [7, 11) is -3.51. The molecule has 1 aliphatic rings. The van der Waals surface area contributed by atoms with Gasteiger partial charge in [-0.25, -0.2) is 8.42 Å². The number of para-hydroxylation sites is 1. The van der Waals surface area contributed by atoms with Crippen LogP contribution in [0.2, 0.25) is 5.02 Å². The number of rotatable bonds is 4. The highest BCUT2D eigenvalue weighted by Crippen LogP contribution is 2.23. The first-order valence-corrected chi connectivity index (χ1v) is 10.5. The normalized spacial score (nSPS) is 16.0. The molecule has 0 radical (unpaired) electrons. The van der Waals surface area contributed by atoms with Crippen LogP contribution in [0.15, 0.2) is 53.4 Å². The van der Waals surface area contributed by atoms with E-state index in [0.29, 0.717) is 29.4 Å². The smallest absolute Gasteiger partial charge is 0.255 e. The molecule has 0 atom stereocenters. The Bertz CT molecular complexity index is 874. The van der Waals surface area contributed by atoms with Gasteiger partial charge in [-0.15, -0.1) is 0 Å². The van der Waals surface area contributed by atoms with Crippen LogP contribution in [0.25, 0.3) is 0 Å². The first-order chi connectivity index (χ1) is 12.5. The van der Waals surface area contributed by atoms with Crippen molar-refractivity contribution in [3.05, 3.63) is 59.1 Å². The number of benzene rings is 2. The molecule has 3 rings (SSSR count). The number of hydrogen-bond acceptors (Lipinski definition) is 3. The summed E-state index contributed by atoms with van der Waals surface area (Å²) in [4.78, 5) is 12.6. The number of anilines is 1. The minimum Gasteiger partial charge on any atom is -0.321 e. The first-order valence-electron chi connectivity index (χ1n) is 8.64. The molecular weight excluding hydrogens is 372 g/mol. The van der Waals surface area contributed by atoms with Crippen molar-refractivity contribution in [3.63, 3.8) is 0 Å². The van der Waals surface area contributed by atoms with E-state index in [1.54, 1.807) is 28.6 Å². The van der Waals surface area contributed by atoms with Crippen LogP contribution in [0.4, 0.5) is 5.69 Å². The molecule has 2 aromatic carbocycles. The van der Waals surface area contributed by atoms with Gasteiger partial charge in [-0.2, -0.15) is 4.31 Å². The van der Waals surface area contributed by atoms with Crippen LogP contribution in [0, 0.1) is 0 Å². The highest BCUT2D eigenvalue weighted by atomic mass is 35.5. The van der Waals surface area contributed by atoms with Crippen LogP contribution >= 0.6 is 11.6 Å². The van der Waals surface area contributed by atoms with Crippen LogP contribution in [0.3, 0.4) is 0 Å². The largest absolute Gasteiger partial charge is 0.321 e. The maximum Gasteiger partial charge on any atom is 0.255 e. The molecule has 0 aliphatic carbocycles.